The summed E-state index contributed by atoms with van der Waals surface area (Å²) >= 11 is 0. The van der Waals surface area contributed by atoms with Gasteiger partial charge in [-0.3, -0.25) is 23.5 Å². The quantitative estimate of drug-likeness (QED) is 0.128. The number of anilines is 2. The number of nitrogens with one attached hydrogen (secondary N) is 1. The van der Waals surface area contributed by atoms with Crippen LogP contribution in [0.1, 0.15) is 12.6 Å². The molecule has 37 heavy (non-hydrogen) atoms. The molecule has 3 aromatic rings. The fourth-order valence-corrected chi connectivity index (χ4v) is 3.78. The number of ether oxygens (including phenoxy) is 2. The summed E-state index contributed by atoms with van der Waals surface area (Å²) < 4.78 is 23.6. The molecule has 0 saturated carbocycles. The van der Waals surface area contributed by atoms with Crippen LogP contribution in [0.2, 0.25) is 0 Å². The Morgan fingerprint density at radius 3 is 2.59 bits per heavy atom. The maximum Gasteiger partial charge on any atom is 0.350 e. The Balaban J connectivity index is 0.000000206. The zero-order chi connectivity index (χ0) is 27.3. The van der Waals surface area contributed by atoms with Gasteiger partial charge in [-0.2, -0.15) is 9.97 Å². The van der Waals surface area contributed by atoms with Gasteiger partial charge in [0.15, 0.2) is 11.2 Å². The fourth-order valence-electron chi connectivity index (χ4n) is 3.37. The number of hydrogen-bond acceptors (Lipinski definition) is 13. The fraction of sp³-hybridized carbons (Fsp3) is 0.500. The van der Waals surface area contributed by atoms with E-state index in [2.05, 4.69) is 19.9 Å². The Morgan fingerprint density at radius 2 is 2.00 bits per heavy atom. The SMILES string of the molecule is Nc1ccn(C[C@@H](CO)OCP(=O)(O)O)c(=O)n1.Nc1nc2c(ncn2C2C[C@H](O)[C@@H](CO)O2)c(=O)[nH]1. The zero-order valence-electron chi connectivity index (χ0n) is 19.2. The minimum Gasteiger partial charge on any atom is -0.394 e. The normalized spacial score (nSPS) is 20.5. The summed E-state index contributed by atoms with van der Waals surface area (Å²) in [5, 5.41) is 27.8. The highest BCUT2D eigenvalue weighted by atomic mass is 31.2. The van der Waals surface area contributed by atoms with Gasteiger partial charge in [-0.15, -0.1) is 0 Å². The number of nitrogens with zero attached hydrogens (tertiary/aromatic N) is 5. The lowest BCUT2D eigenvalue weighted by atomic mass is 10.2. The molecule has 19 heteroatoms. The van der Waals surface area contributed by atoms with Gasteiger partial charge in [-0.1, -0.05) is 0 Å². The summed E-state index contributed by atoms with van der Waals surface area (Å²) in [5.74, 6) is 0.0458. The standard InChI is InChI=1S/C10H13N5O4.C8H14N3O6P/c11-10-13-8-7(9(18)14-10)12-3-15(8)6-1-4(17)5(2-16)19-6;9-7-1-2-11(8(13)10-7)3-6(4-12)17-5-18(14,15)16/h3-6,16-17H,1-2H2,(H3,11,13,14,18);1-2,6,12H,3-5H2,(H2,9,10,13)(H2,14,15,16)/t4-,5+,6?;6-/m00/s1. The largest absolute Gasteiger partial charge is 0.394 e. The second-order valence-corrected chi connectivity index (χ2v) is 9.53. The number of rotatable bonds is 8. The van der Waals surface area contributed by atoms with E-state index in [-0.39, 0.29) is 42.5 Å². The Kier molecular flexibility index (Phi) is 9.11. The van der Waals surface area contributed by atoms with Crippen molar-refractivity contribution in [1.82, 2.24) is 29.1 Å². The van der Waals surface area contributed by atoms with Crippen molar-refractivity contribution in [3.63, 3.8) is 0 Å². The van der Waals surface area contributed by atoms with Crippen LogP contribution in [0.5, 0.6) is 0 Å². The molecule has 3 aromatic heterocycles. The number of imidazole rings is 1. The van der Waals surface area contributed by atoms with Gasteiger partial charge in [0, 0.05) is 12.6 Å². The smallest absolute Gasteiger partial charge is 0.350 e. The van der Waals surface area contributed by atoms with Crippen LogP contribution in [-0.2, 0) is 20.6 Å². The number of hydrogen-bond donors (Lipinski definition) is 8. The minimum absolute atomic E-state index is 0.0171. The molecule has 1 unspecified atom stereocenters. The van der Waals surface area contributed by atoms with Crippen molar-refractivity contribution >= 4 is 30.5 Å². The van der Waals surface area contributed by atoms with E-state index in [1.54, 1.807) is 0 Å². The molecule has 0 aromatic carbocycles. The first-order valence-electron chi connectivity index (χ1n) is 10.7. The van der Waals surface area contributed by atoms with Crippen molar-refractivity contribution in [2.75, 3.05) is 31.0 Å². The lowest BCUT2D eigenvalue weighted by molar-refractivity contribution is -0.0432. The monoisotopic (exact) mass is 546 g/mol. The number of fused-ring (bicyclic) bond motifs is 1. The molecule has 4 atom stereocenters. The molecule has 1 fully saturated rings. The lowest BCUT2D eigenvalue weighted by Crippen LogP contribution is -2.32. The van der Waals surface area contributed by atoms with Gasteiger partial charge in [-0.25, -0.2) is 9.78 Å². The van der Waals surface area contributed by atoms with Crippen LogP contribution < -0.4 is 22.7 Å². The average molecular weight is 546 g/mol. The van der Waals surface area contributed by atoms with E-state index >= 15 is 0 Å². The molecule has 1 saturated heterocycles. The molecule has 0 aliphatic carbocycles. The van der Waals surface area contributed by atoms with Crippen LogP contribution >= 0.6 is 7.60 Å². The van der Waals surface area contributed by atoms with Gasteiger partial charge in [0.1, 0.15) is 24.5 Å². The Labute approximate surface area is 207 Å². The number of aromatic amines is 1. The molecule has 4 heterocycles. The van der Waals surface area contributed by atoms with E-state index in [4.69, 9.17) is 40.9 Å². The highest BCUT2D eigenvalue weighted by molar-refractivity contribution is 7.51. The van der Waals surface area contributed by atoms with Gasteiger partial charge in [0.2, 0.25) is 5.95 Å². The molecule has 1 aliphatic heterocycles. The van der Waals surface area contributed by atoms with Crippen LogP contribution in [0.4, 0.5) is 11.8 Å². The number of nitrogens with two attached hydrogens (primary N) is 2. The molecular weight excluding hydrogens is 519 g/mol. The molecule has 204 valence electrons. The summed E-state index contributed by atoms with van der Waals surface area (Å²) in [6.07, 6.45) is -0.654. The third-order valence-electron chi connectivity index (χ3n) is 5.12. The van der Waals surface area contributed by atoms with E-state index < -0.39 is 56.3 Å². The van der Waals surface area contributed by atoms with Crippen molar-refractivity contribution in [3.8, 4) is 0 Å². The van der Waals surface area contributed by atoms with Crippen molar-refractivity contribution < 1.29 is 39.1 Å². The van der Waals surface area contributed by atoms with Crippen LogP contribution in [0.25, 0.3) is 11.2 Å². The van der Waals surface area contributed by atoms with Crippen molar-refractivity contribution in [2.24, 2.45) is 0 Å². The van der Waals surface area contributed by atoms with E-state index in [1.807, 2.05) is 0 Å². The molecule has 1 aliphatic rings. The molecule has 0 radical (unpaired) electrons. The summed E-state index contributed by atoms with van der Waals surface area (Å²) in [7, 11) is -4.31. The predicted molar refractivity (Wildman–Crippen MR) is 126 cm³/mol. The van der Waals surface area contributed by atoms with E-state index in [0.717, 1.165) is 4.57 Å². The Hall–Kier alpha value is -3.22. The predicted octanol–water partition coefficient (Wildman–Crippen LogP) is -3.32. The Morgan fingerprint density at radius 1 is 1.27 bits per heavy atom. The second kappa shape index (κ2) is 11.9. The summed E-state index contributed by atoms with van der Waals surface area (Å²) in [4.78, 5) is 54.0. The van der Waals surface area contributed by atoms with Crippen molar-refractivity contribution in [2.45, 2.75) is 37.5 Å². The van der Waals surface area contributed by atoms with Crippen LogP contribution in [-0.4, -0.2) is 92.1 Å². The number of aliphatic hydroxyl groups excluding tert-OH is 3. The number of nitrogen functional groups attached to an aromatic ring is 2. The van der Waals surface area contributed by atoms with Crippen LogP contribution in [0, 0.1) is 0 Å². The van der Waals surface area contributed by atoms with Gasteiger partial charge in [0.25, 0.3) is 5.56 Å². The molecule has 10 N–H and O–H groups in total. The minimum atomic E-state index is -4.31. The third-order valence-corrected chi connectivity index (χ3v) is 5.61. The average Bonchev–Trinajstić information content (AvgIpc) is 3.40. The topological polar surface area (TPSA) is 287 Å². The summed E-state index contributed by atoms with van der Waals surface area (Å²) in [6, 6.07) is 1.39. The highest BCUT2D eigenvalue weighted by Crippen LogP contribution is 2.34. The zero-order valence-corrected chi connectivity index (χ0v) is 20.1. The van der Waals surface area contributed by atoms with Gasteiger partial charge in [0.05, 0.1) is 38.3 Å². The third kappa shape index (κ3) is 7.40. The molecule has 18 nitrogen and oxygen atoms in total. The summed E-state index contributed by atoms with van der Waals surface area (Å²) in [5.41, 5.74) is 10.2. The van der Waals surface area contributed by atoms with E-state index in [9.17, 15) is 19.3 Å². The van der Waals surface area contributed by atoms with Gasteiger partial charge < -0.3 is 46.0 Å². The van der Waals surface area contributed by atoms with Crippen molar-refractivity contribution in [1.29, 1.82) is 0 Å². The highest BCUT2D eigenvalue weighted by Gasteiger charge is 2.35. The molecular formula is C18H27N8O10P. The number of aromatic nitrogens is 6. The number of aliphatic hydroxyl groups is 3. The van der Waals surface area contributed by atoms with E-state index in [0.29, 0.717) is 0 Å². The first-order valence-corrected chi connectivity index (χ1v) is 12.5. The van der Waals surface area contributed by atoms with E-state index in [1.165, 1.54) is 23.2 Å². The summed E-state index contributed by atoms with van der Waals surface area (Å²) in [6.45, 7) is -0.847. The molecule has 0 bridgehead atoms. The van der Waals surface area contributed by atoms with Crippen molar-refractivity contribution in [3.05, 3.63) is 39.4 Å². The lowest BCUT2D eigenvalue weighted by Gasteiger charge is -2.16. The maximum absolute atomic E-state index is 11.6. The first kappa shape index (κ1) is 28.4. The van der Waals surface area contributed by atoms with Crippen LogP contribution in [0.3, 0.4) is 0 Å². The number of H-pyrrole nitrogens is 1. The first-order chi connectivity index (χ1) is 17.4. The Bertz CT molecular complexity index is 1370. The van der Waals surface area contributed by atoms with Gasteiger partial charge >= 0.3 is 13.3 Å². The second-order valence-electron chi connectivity index (χ2n) is 7.94. The molecule has 0 spiro atoms. The molecule has 4 rings (SSSR count). The maximum atomic E-state index is 11.6. The van der Waals surface area contributed by atoms with Gasteiger partial charge in [-0.05, 0) is 6.07 Å². The molecule has 0 amide bonds. The van der Waals surface area contributed by atoms with Crippen LogP contribution in [0.15, 0.2) is 28.2 Å².